The molecule has 1 heterocycles. The van der Waals surface area contributed by atoms with Crippen molar-refractivity contribution < 1.29 is 18.7 Å². The fourth-order valence-corrected chi connectivity index (χ4v) is 2.55. The van der Waals surface area contributed by atoms with Crippen molar-refractivity contribution in [1.82, 2.24) is 9.55 Å². The first-order chi connectivity index (χ1) is 12.1. The number of hydrogen-bond acceptors (Lipinski definition) is 4. The van der Waals surface area contributed by atoms with Gasteiger partial charge in [0.05, 0.1) is 25.7 Å². The SMILES string of the molecule is COc1ccc(F)cc1OC(=O)c1cncn1[C@H](C)c1ccccc1. The molecule has 0 bridgehead atoms. The summed E-state index contributed by atoms with van der Waals surface area (Å²) in [5.41, 5.74) is 1.29. The lowest BCUT2D eigenvalue weighted by molar-refractivity contribution is 0.0717. The van der Waals surface area contributed by atoms with E-state index in [0.29, 0.717) is 0 Å². The molecule has 0 radical (unpaired) electrons. The van der Waals surface area contributed by atoms with Crippen molar-refractivity contribution in [2.24, 2.45) is 0 Å². The topological polar surface area (TPSA) is 53.4 Å². The molecule has 0 unspecified atom stereocenters. The maximum absolute atomic E-state index is 13.4. The second-order valence-corrected chi connectivity index (χ2v) is 5.46. The van der Waals surface area contributed by atoms with Crippen LogP contribution in [-0.2, 0) is 0 Å². The molecule has 0 N–H and O–H groups in total. The number of nitrogens with zero attached hydrogens (tertiary/aromatic N) is 2. The smallest absolute Gasteiger partial charge is 0.362 e. The van der Waals surface area contributed by atoms with E-state index in [1.165, 1.54) is 25.4 Å². The van der Waals surface area contributed by atoms with E-state index in [9.17, 15) is 9.18 Å². The molecule has 0 saturated heterocycles. The number of esters is 1. The first-order valence-corrected chi connectivity index (χ1v) is 7.72. The third-order valence-electron chi connectivity index (χ3n) is 3.90. The molecule has 0 aliphatic carbocycles. The number of ether oxygens (including phenoxy) is 2. The third kappa shape index (κ3) is 3.52. The summed E-state index contributed by atoms with van der Waals surface area (Å²) in [4.78, 5) is 16.6. The Morgan fingerprint density at radius 3 is 2.64 bits per heavy atom. The highest BCUT2D eigenvalue weighted by Gasteiger charge is 2.20. The van der Waals surface area contributed by atoms with Crippen molar-refractivity contribution in [3.05, 3.63) is 78.1 Å². The minimum Gasteiger partial charge on any atom is -0.493 e. The standard InChI is InChI=1S/C19H17FN2O3/c1-13(14-6-4-3-5-7-14)22-12-21-11-16(22)19(23)25-18-10-15(20)8-9-17(18)24-2/h3-13H,1-2H3/t13-/m1/s1. The number of carbonyl (C=O) groups excluding carboxylic acids is 1. The maximum Gasteiger partial charge on any atom is 0.362 e. The number of carbonyl (C=O) groups is 1. The van der Waals surface area contributed by atoms with E-state index in [1.54, 1.807) is 10.9 Å². The third-order valence-corrected chi connectivity index (χ3v) is 3.90. The van der Waals surface area contributed by atoms with Crippen LogP contribution in [0.4, 0.5) is 4.39 Å². The molecule has 3 aromatic rings. The second-order valence-electron chi connectivity index (χ2n) is 5.46. The van der Waals surface area contributed by atoms with E-state index in [4.69, 9.17) is 9.47 Å². The van der Waals surface area contributed by atoms with Crippen LogP contribution in [0.15, 0.2) is 61.1 Å². The first kappa shape index (κ1) is 16.7. The van der Waals surface area contributed by atoms with Crippen molar-refractivity contribution in [2.75, 3.05) is 7.11 Å². The number of methoxy groups -OCH3 is 1. The number of benzene rings is 2. The summed E-state index contributed by atoms with van der Waals surface area (Å²) >= 11 is 0. The largest absolute Gasteiger partial charge is 0.493 e. The predicted octanol–water partition coefficient (Wildman–Crippen LogP) is 3.86. The summed E-state index contributed by atoms with van der Waals surface area (Å²) in [5, 5.41) is 0. The normalized spacial score (nSPS) is 11.8. The Labute approximate surface area is 144 Å². The molecule has 0 aliphatic heterocycles. The minimum atomic E-state index is -0.635. The Kier molecular flexibility index (Phi) is 4.79. The quantitative estimate of drug-likeness (QED) is 0.523. The number of halogens is 1. The van der Waals surface area contributed by atoms with Crippen LogP contribution in [0.25, 0.3) is 0 Å². The van der Waals surface area contributed by atoms with Crippen LogP contribution in [0.1, 0.15) is 29.0 Å². The van der Waals surface area contributed by atoms with Gasteiger partial charge in [-0.2, -0.15) is 0 Å². The van der Waals surface area contributed by atoms with Crippen LogP contribution in [-0.4, -0.2) is 22.6 Å². The Balaban J connectivity index is 1.88. The molecule has 0 saturated carbocycles. The van der Waals surface area contributed by atoms with Gasteiger partial charge in [-0.1, -0.05) is 30.3 Å². The Morgan fingerprint density at radius 2 is 1.92 bits per heavy atom. The number of rotatable bonds is 5. The molecule has 1 atom stereocenters. The molecule has 3 rings (SSSR count). The summed E-state index contributed by atoms with van der Waals surface area (Å²) in [7, 11) is 1.42. The summed E-state index contributed by atoms with van der Waals surface area (Å²) in [5.74, 6) is -0.858. The fraction of sp³-hybridized carbons (Fsp3) is 0.158. The summed E-state index contributed by atoms with van der Waals surface area (Å²) in [6, 6.07) is 13.4. The van der Waals surface area contributed by atoms with E-state index in [1.807, 2.05) is 37.3 Å². The van der Waals surface area contributed by atoms with Gasteiger partial charge in [0.25, 0.3) is 0 Å². The number of imidazole rings is 1. The van der Waals surface area contributed by atoms with Crippen LogP contribution < -0.4 is 9.47 Å². The zero-order chi connectivity index (χ0) is 17.8. The van der Waals surface area contributed by atoms with Gasteiger partial charge in [-0.05, 0) is 24.6 Å². The van der Waals surface area contributed by atoms with Crippen molar-refractivity contribution in [1.29, 1.82) is 0 Å². The van der Waals surface area contributed by atoms with Gasteiger partial charge in [-0.25, -0.2) is 14.2 Å². The van der Waals surface area contributed by atoms with Crippen LogP contribution in [0, 0.1) is 5.82 Å². The van der Waals surface area contributed by atoms with Crippen LogP contribution in [0.5, 0.6) is 11.5 Å². The highest BCUT2D eigenvalue weighted by Crippen LogP contribution is 2.29. The van der Waals surface area contributed by atoms with Crippen LogP contribution in [0.2, 0.25) is 0 Å². The van der Waals surface area contributed by atoms with Gasteiger partial charge in [0.15, 0.2) is 11.5 Å². The van der Waals surface area contributed by atoms with E-state index in [2.05, 4.69) is 4.98 Å². The van der Waals surface area contributed by atoms with E-state index < -0.39 is 11.8 Å². The lowest BCUT2D eigenvalue weighted by Crippen LogP contribution is -2.17. The summed E-state index contributed by atoms with van der Waals surface area (Å²) < 4.78 is 25.6. The molecule has 0 spiro atoms. The predicted molar refractivity (Wildman–Crippen MR) is 90.4 cm³/mol. The van der Waals surface area contributed by atoms with E-state index >= 15 is 0 Å². The molecule has 5 nitrogen and oxygen atoms in total. The van der Waals surface area contributed by atoms with Crippen LogP contribution in [0.3, 0.4) is 0 Å². The average molecular weight is 340 g/mol. The van der Waals surface area contributed by atoms with Gasteiger partial charge in [0.2, 0.25) is 0 Å². The molecular weight excluding hydrogens is 323 g/mol. The van der Waals surface area contributed by atoms with Gasteiger partial charge in [-0.15, -0.1) is 0 Å². The molecular formula is C19H17FN2O3. The van der Waals surface area contributed by atoms with E-state index in [0.717, 1.165) is 11.6 Å². The maximum atomic E-state index is 13.4. The Morgan fingerprint density at radius 1 is 1.16 bits per heavy atom. The zero-order valence-electron chi connectivity index (χ0n) is 13.8. The average Bonchev–Trinajstić information content (AvgIpc) is 3.12. The Hall–Kier alpha value is -3.15. The highest BCUT2D eigenvalue weighted by atomic mass is 19.1. The molecule has 1 aromatic heterocycles. The fourth-order valence-electron chi connectivity index (χ4n) is 2.55. The van der Waals surface area contributed by atoms with Gasteiger partial charge < -0.3 is 14.0 Å². The first-order valence-electron chi connectivity index (χ1n) is 7.72. The van der Waals surface area contributed by atoms with Gasteiger partial charge >= 0.3 is 5.97 Å². The van der Waals surface area contributed by atoms with Crippen molar-refractivity contribution in [3.63, 3.8) is 0 Å². The lowest BCUT2D eigenvalue weighted by atomic mass is 10.1. The highest BCUT2D eigenvalue weighted by molar-refractivity contribution is 5.89. The van der Waals surface area contributed by atoms with Gasteiger partial charge in [-0.3, -0.25) is 0 Å². The molecule has 0 fully saturated rings. The van der Waals surface area contributed by atoms with Crippen molar-refractivity contribution in [2.45, 2.75) is 13.0 Å². The van der Waals surface area contributed by atoms with Crippen molar-refractivity contribution >= 4 is 5.97 Å². The summed E-state index contributed by atoms with van der Waals surface area (Å²) in [6.07, 6.45) is 2.99. The molecule has 128 valence electrons. The molecule has 6 heteroatoms. The number of aromatic nitrogens is 2. The molecule has 2 aromatic carbocycles. The molecule has 0 amide bonds. The molecule has 25 heavy (non-hydrogen) atoms. The second kappa shape index (κ2) is 7.17. The lowest BCUT2D eigenvalue weighted by Gasteiger charge is -2.16. The van der Waals surface area contributed by atoms with Gasteiger partial charge in [0, 0.05) is 6.07 Å². The van der Waals surface area contributed by atoms with Gasteiger partial charge in [0.1, 0.15) is 11.5 Å². The Bertz CT molecular complexity index is 877. The van der Waals surface area contributed by atoms with Crippen molar-refractivity contribution in [3.8, 4) is 11.5 Å². The minimum absolute atomic E-state index is 0.0209. The monoisotopic (exact) mass is 340 g/mol. The van der Waals surface area contributed by atoms with Crippen LogP contribution >= 0.6 is 0 Å². The number of hydrogen-bond donors (Lipinski definition) is 0. The molecule has 0 aliphatic rings. The van der Waals surface area contributed by atoms with E-state index in [-0.39, 0.29) is 23.2 Å². The summed E-state index contributed by atoms with van der Waals surface area (Å²) in [6.45, 7) is 1.95. The zero-order valence-corrected chi connectivity index (χ0v) is 13.8.